The van der Waals surface area contributed by atoms with Gasteiger partial charge in [0.1, 0.15) is 5.75 Å². The van der Waals surface area contributed by atoms with Crippen LogP contribution in [0.2, 0.25) is 0 Å². The van der Waals surface area contributed by atoms with Gasteiger partial charge in [0.15, 0.2) is 17.5 Å². The Kier molecular flexibility index (Phi) is 7.79. The van der Waals surface area contributed by atoms with Crippen molar-refractivity contribution < 1.29 is 14.2 Å². The zero-order chi connectivity index (χ0) is 21.3. The summed E-state index contributed by atoms with van der Waals surface area (Å²) in [5, 5.41) is 6.70. The first-order valence-corrected chi connectivity index (χ1v) is 10.4. The maximum Gasteiger partial charge on any atom is 0.195 e. The normalized spacial score (nSPS) is 14.8. The molecule has 7 nitrogen and oxygen atoms in total. The van der Waals surface area contributed by atoms with Crippen LogP contribution in [0.25, 0.3) is 0 Å². The molecule has 0 bridgehead atoms. The number of benzene rings is 2. The molecule has 0 amide bonds. The van der Waals surface area contributed by atoms with E-state index in [1.165, 1.54) is 5.56 Å². The minimum absolute atomic E-state index is 0.148. The molecule has 1 aliphatic heterocycles. The third kappa shape index (κ3) is 5.79. The molecule has 0 saturated carbocycles. The summed E-state index contributed by atoms with van der Waals surface area (Å²) in [5.41, 5.74) is 2.10. The number of anilines is 1. The van der Waals surface area contributed by atoms with Crippen LogP contribution in [0.3, 0.4) is 0 Å². The maximum absolute atomic E-state index is 5.79. The molecule has 2 aromatic rings. The van der Waals surface area contributed by atoms with E-state index in [0.717, 1.165) is 41.9 Å². The molecule has 0 fully saturated rings. The predicted molar refractivity (Wildman–Crippen MR) is 121 cm³/mol. The Morgan fingerprint density at radius 3 is 2.50 bits per heavy atom. The highest BCUT2D eigenvalue weighted by Gasteiger charge is 2.15. The number of aliphatic imine (C=N–C) groups is 1. The molecule has 0 aliphatic carbocycles. The Labute approximate surface area is 179 Å². The van der Waals surface area contributed by atoms with Crippen LogP contribution in [0.5, 0.6) is 17.2 Å². The summed E-state index contributed by atoms with van der Waals surface area (Å²) in [6.07, 6.45) is 0.888. The predicted octanol–water partition coefficient (Wildman–Crippen LogP) is 3.54. The van der Waals surface area contributed by atoms with Gasteiger partial charge in [0.2, 0.25) is 0 Å². The molecule has 0 aromatic heterocycles. The van der Waals surface area contributed by atoms with E-state index >= 15 is 0 Å². The quantitative estimate of drug-likeness (QED) is 0.536. The molecule has 0 radical (unpaired) electrons. The van der Waals surface area contributed by atoms with Gasteiger partial charge in [0, 0.05) is 24.7 Å². The van der Waals surface area contributed by atoms with Crippen molar-refractivity contribution >= 4 is 11.6 Å². The summed E-state index contributed by atoms with van der Waals surface area (Å²) in [6, 6.07) is 14.2. The molecule has 2 N–H and O–H groups in total. The lowest BCUT2D eigenvalue weighted by Gasteiger charge is -2.24. The van der Waals surface area contributed by atoms with E-state index in [1.807, 2.05) is 30.3 Å². The lowest BCUT2D eigenvalue weighted by molar-refractivity contribution is 0.297. The topological polar surface area (TPSA) is 67.4 Å². The van der Waals surface area contributed by atoms with Gasteiger partial charge >= 0.3 is 0 Å². The average molecular weight is 413 g/mol. The number of hydrogen-bond donors (Lipinski definition) is 2. The summed E-state index contributed by atoms with van der Waals surface area (Å²) in [7, 11) is 5.81. The Morgan fingerprint density at radius 2 is 1.83 bits per heavy atom. The molecular weight excluding hydrogens is 380 g/mol. The molecule has 0 saturated heterocycles. The average Bonchev–Trinajstić information content (AvgIpc) is 2.99. The second kappa shape index (κ2) is 10.7. The number of ether oxygens (including phenoxy) is 3. The molecule has 30 heavy (non-hydrogen) atoms. The Hall–Kier alpha value is -2.93. The van der Waals surface area contributed by atoms with Gasteiger partial charge in [-0.15, -0.1) is 0 Å². The van der Waals surface area contributed by atoms with Crippen LogP contribution in [0.15, 0.2) is 47.5 Å². The van der Waals surface area contributed by atoms with E-state index < -0.39 is 0 Å². The summed E-state index contributed by atoms with van der Waals surface area (Å²) < 4.78 is 16.8. The van der Waals surface area contributed by atoms with Crippen molar-refractivity contribution in [3.8, 4) is 17.2 Å². The fourth-order valence-corrected chi connectivity index (χ4v) is 3.26. The van der Waals surface area contributed by atoms with Gasteiger partial charge in [-0.1, -0.05) is 12.1 Å². The van der Waals surface area contributed by atoms with Crippen LogP contribution in [0, 0.1) is 0 Å². The van der Waals surface area contributed by atoms with E-state index in [1.54, 1.807) is 7.11 Å². The van der Waals surface area contributed by atoms with Crippen LogP contribution in [-0.4, -0.2) is 58.4 Å². The summed E-state index contributed by atoms with van der Waals surface area (Å²) in [4.78, 5) is 7.00. The minimum Gasteiger partial charge on any atom is -0.497 e. The molecule has 3 rings (SSSR count). The zero-order valence-corrected chi connectivity index (χ0v) is 18.3. The van der Waals surface area contributed by atoms with Crippen molar-refractivity contribution in [2.75, 3.05) is 52.8 Å². The van der Waals surface area contributed by atoms with Crippen molar-refractivity contribution in [1.29, 1.82) is 0 Å². The van der Waals surface area contributed by atoms with Gasteiger partial charge in [-0.3, -0.25) is 4.99 Å². The highest BCUT2D eigenvalue weighted by Crippen LogP contribution is 2.32. The standard InChI is InChI=1S/C23H32N4O3/c1-5-24-23(26-18-9-12-21-22(15-18)30-14-6-13-29-21)25-16-20(27(2)3)17-7-10-19(28-4)11-8-17/h7-12,15,20H,5-6,13-14,16H2,1-4H3,(H2,24,25,26). The third-order valence-corrected chi connectivity index (χ3v) is 4.90. The van der Waals surface area contributed by atoms with Crippen molar-refractivity contribution in [2.24, 2.45) is 4.99 Å². The van der Waals surface area contributed by atoms with E-state index in [9.17, 15) is 0 Å². The SMILES string of the molecule is CCNC(=NCC(c1ccc(OC)cc1)N(C)C)Nc1ccc2c(c1)OCCCO2. The molecule has 7 heteroatoms. The molecule has 1 atom stereocenters. The highest BCUT2D eigenvalue weighted by molar-refractivity contribution is 5.94. The van der Waals surface area contributed by atoms with Crippen molar-refractivity contribution in [2.45, 2.75) is 19.4 Å². The Bertz CT molecular complexity index is 837. The number of guanidine groups is 1. The van der Waals surface area contributed by atoms with Crippen LogP contribution < -0.4 is 24.8 Å². The highest BCUT2D eigenvalue weighted by atomic mass is 16.5. The van der Waals surface area contributed by atoms with E-state index in [-0.39, 0.29) is 6.04 Å². The molecule has 1 heterocycles. The van der Waals surface area contributed by atoms with Gasteiger partial charge in [-0.25, -0.2) is 0 Å². The lowest BCUT2D eigenvalue weighted by atomic mass is 10.1. The summed E-state index contributed by atoms with van der Waals surface area (Å²) >= 11 is 0. The van der Waals surface area contributed by atoms with Crippen molar-refractivity contribution in [1.82, 2.24) is 10.2 Å². The molecule has 1 aliphatic rings. The van der Waals surface area contributed by atoms with Crippen LogP contribution in [0.1, 0.15) is 24.9 Å². The fraction of sp³-hybridized carbons (Fsp3) is 0.435. The molecule has 162 valence electrons. The van der Waals surface area contributed by atoms with Crippen molar-refractivity contribution in [3.05, 3.63) is 48.0 Å². The maximum atomic E-state index is 5.79. The monoisotopic (exact) mass is 412 g/mol. The Morgan fingerprint density at radius 1 is 1.10 bits per heavy atom. The van der Waals surface area contributed by atoms with E-state index in [2.05, 4.69) is 48.7 Å². The summed E-state index contributed by atoms with van der Waals surface area (Å²) in [5.74, 6) is 3.13. The molecule has 2 aromatic carbocycles. The number of methoxy groups -OCH3 is 1. The van der Waals surface area contributed by atoms with Gasteiger partial charge in [0.25, 0.3) is 0 Å². The van der Waals surface area contributed by atoms with E-state index in [0.29, 0.717) is 19.8 Å². The van der Waals surface area contributed by atoms with Crippen LogP contribution >= 0.6 is 0 Å². The van der Waals surface area contributed by atoms with Crippen molar-refractivity contribution in [3.63, 3.8) is 0 Å². The smallest absolute Gasteiger partial charge is 0.195 e. The second-order valence-corrected chi connectivity index (χ2v) is 7.31. The second-order valence-electron chi connectivity index (χ2n) is 7.31. The van der Waals surface area contributed by atoms with Crippen LogP contribution in [-0.2, 0) is 0 Å². The number of nitrogens with one attached hydrogen (secondary N) is 2. The molecule has 1 unspecified atom stereocenters. The van der Waals surface area contributed by atoms with Gasteiger partial charge in [-0.05, 0) is 50.8 Å². The number of nitrogens with zero attached hydrogens (tertiary/aromatic N) is 2. The number of hydrogen-bond acceptors (Lipinski definition) is 5. The summed E-state index contributed by atoms with van der Waals surface area (Å²) in [6.45, 7) is 4.78. The number of fused-ring (bicyclic) bond motifs is 1. The first-order chi connectivity index (χ1) is 14.6. The molecule has 0 spiro atoms. The minimum atomic E-state index is 0.148. The van der Waals surface area contributed by atoms with Crippen LogP contribution in [0.4, 0.5) is 5.69 Å². The number of rotatable bonds is 7. The lowest BCUT2D eigenvalue weighted by Crippen LogP contribution is -2.32. The van der Waals surface area contributed by atoms with Gasteiger partial charge in [-0.2, -0.15) is 0 Å². The molecular formula is C23H32N4O3. The fourth-order valence-electron chi connectivity index (χ4n) is 3.26. The van der Waals surface area contributed by atoms with Gasteiger partial charge < -0.3 is 29.7 Å². The van der Waals surface area contributed by atoms with Gasteiger partial charge in [0.05, 0.1) is 32.9 Å². The first-order valence-electron chi connectivity index (χ1n) is 10.4. The number of likely N-dealkylation sites (N-methyl/N-ethyl adjacent to an activating group) is 1. The largest absolute Gasteiger partial charge is 0.497 e. The zero-order valence-electron chi connectivity index (χ0n) is 18.3. The first kappa shape index (κ1) is 21.8. The Balaban J connectivity index is 1.74. The van der Waals surface area contributed by atoms with E-state index in [4.69, 9.17) is 19.2 Å². The third-order valence-electron chi connectivity index (χ3n) is 4.90.